The van der Waals surface area contributed by atoms with E-state index in [4.69, 9.17) is 5.73 Å². The molecule has 0 aliphatic carbocycles. The number of nitrogens with zero attached hydrogens (tertiary/aromatic N) is 2. The van der Waals surface area contributed by atoms with Crippen LogP contribution in [-0.2, 0) is 0 Å². The molecular weight excluding hydrogens is 298 g/mol. The van der Waals surface area contributed by atoms with Crippen molar-refractivity contribution >= 4 is 39.7 Å². The first-order chi connectivity index (χ1) is 9.36. The lowest BCUT2D eigenvalue weighted by Crippen LogP contribution is -2.22. The number of anilines is 2. The van der Waals surface area contributed by atoms with Crippen LogP contribution < -0.4 is 10.6 Å². The number of carbonyl (C=O) groups is 1. The Labute approximate surface area is 126 Å². The summed E-state index contributed by atoms with van der Waals surface area (Å²) in [5.74, 6) is -0.130. The second-order valence-electron chi connectivity index (χ2n) is 4.92. The average molecular weight is 317 g/mol. The van der Waals surface area contributed by atoms with Crippen LogP contribution in [0.4, 0.5) is 10.7 Å². The smallest absolute Gasteiger partial charge is 0.265 e. The van der Waals surface area contributed by atoms with Crippen LogP contribution in [0.1, 0.15) is 9.67 Å². The van der Waals surface area contributed by atoms with Gasteiger partial charge < -0.3 is 25.7 Å². The van der Waals surface area contributed by atoms with Gasteiger partial charge in [0.05, 0.1) is 22.8 Å². The second kappa shape index (κ2) is 5.80. The molecule has 0 aromatic carbocycles. The average Bonchev–Trinajstić information content (AvgIpc) is 2.89. The zero-order chi connectivity index (χ0) is 15.0. The summed E-state index contributed by atoms with van der Waals surface area (Å²) in [5.41, 5.74) is 6.56. The molecule has 20 heavy (non-hydrogen) atoms. The minimum atomic E-state index is -0.763. The number of hydrogen-bond donors (Lipinski definition) is 3. The molecule has 1 aliphatic rings. The number of carbonyl (C=O) groups excluding carboxylic acids is 1. The summed E-state index contributed by atoms with van der Waals surface area (Å²) in [4.78, 5) is 16.8. The van der Waals surface area contributed by atoms with E-state index >= 15 is 0 Å². The number of nitrogen functional groups attached to an aromatic ring is 1. The molecule has 2 rings (SSSR count). The Balaban J connectivity index is 2.39. The lowest BCUT2D eigenvalue weighted by Gasteiger charge is -2.16. The van der Waals surface area contributed by atoms with Crippen LogP contribution in [0.15, 0.2) is 4.90 Å². The second-order valence-corrected chi connectivity index (χ2v) is 6.74. The maximum Gasteiger partial charge on any atom is 0.265 e. The van der Waals surface area contributed by atoms with Gasteiger partial charge in [-0.2, -0.15) is 0 Å². The fourth-order valence-electron chi connectivity index (χ4n) is 2.12. The standard InChI is InChI=1S/C12H19N3O3S2/c1-14(2)11(18)9-8(13)10(19-3)12(20-9)15-4-6(16)7(17)5-15/h6-7,16-17H,4-5,13H2,1-3H3. The number of aliphatic hydroxyl groups is 2. The largest absolute Gasteiger partial charge is 0.396 e. The number of nitrogens with two attached hydrogens (primary N) is 1. The van der Waals surface area contributed by atoms with Crippen molar-refractivity contribution in [2.45, 2.75) is 17.1 Å². The number of amides is 1. The van der Waals surface area contributed by atoms with Crippen molar-refractivity contribution in [3.05, 3.63) is 4.88 Å². The molecule has 0 bridgehead atoms. The Kier molecular flexibility index (Phi) is 4.48. The lowest BCUT2D eigenvalue weighted by atomic mass is 10.3. The number of aliphatic hydroxyl groups excluding tert-OH is 2. The van der Waals surface area contributed by atoms with Crippen molar-refractivity contribution in [1.82, 2.24) is 4.90 Å². The van der Waals surface area contributed by atoms with Crippen LogP contribution in [0.2, 0.25) is 0 Å². The minimum absolute atomic E-state index is 0.130. The molecule has 1 fully saturated rings. The molecule has 2 heterocycles. The highest BCUT2D eigenvalue weighted by molar-refractivity contribution is 7.99. The Morgan fingerprint density at radius 3 is 2.40 bits per heavy atom. The van der Waals surface area contributed by atoms with Crippen molar-refractivity contribution in [2.24, 2.45) is 0 Å². The third-order valence-corrected chi connectivity index (χ3v) is 5.44. The van der Waals surface area contributed by atoms with Gasteiger partial charge in [-0.15, -0.1) is 23.1 Å². The summed E-state index contributed by atoms with van der Waals surface area (Å²) in [5, 5.41) is 20.2. The van der Waals surface area contributed by atoms with E-state index in [9.17, 15) is 15.0 Å². The Hall–Kier alpha value is -0.960. The van der Waals surface area contributed by atoms with E-state index in [0.29, 0.717) is 23.7 Å². The van der Waals surface area contributed by atoms with Gasteiger partial charge in [0, 0.05) is 27.2 Å². The maximum atomic E-state index is 12.1. The highest BCUT2D eigenvalue weighted by Gasteiger charge is 2.33. The molecule has 0 spiro atoms. The highest BCUT2D eigenvalue weighted by atomic mass is 32.2. The lowest BCUT2D eigenvalue weighted by molar-refractivity contribution is 0.0572. The SMILES string of the molecule is CSc1c(N2CC(O)C(O)C2)sc(C(=O)N(C)C)c1N. The van der Waals surface area contributed by atoms with Crippen LogP contribution in [0, 0.1) is 0 Å². The number of thioether (sulfide) groups is 1. The molecular formula is C12H19N3O3S2. The highest BCUT2D eigenvalue weighted by Crippen LogP contribution is 2.45. The summed E-state index contributed by atoms with van der Waals surface area (Å²) in [6.45, 7) is 0.703. The van der Waals surface area contributed by atoms with E-state index in [1.807, 2.05) is 11.2 Å². The number of β-amino-alcohol motifs (C(OH)–C–C–N with tert-alkyl or cyclic N) is 2. The van der Waals surface area contributed by atoms with Crippen molar-refractivity contribution in [3.63, 3.8) is 0 Å². The van der Waals surface area contributed by atoms with Crippen LogP contribution >= 0.6 is 23.1 Å². The van der Waals surface area contributed by atoms with E-state index < -0.39 is 12.2 Å². The van der Waals surface area contributed by atoms with E-state index in [1.54, 1.807) is 14.1 Å². The van der Waals surface area contributed by atoms with E-state index in [1.165, 1.54) is 28.0 Å². The Bertz CT molecular complexity index is 508. The third kappa shape index (κ3) is 2.60. The van der Waals surface area contributed by atoms with Gasteiger partial charge in [-0.25, -0.2) is 0 Å². The van der Waals surface area contributed by atoms with Gasteiger partial charge >= 0.3 is 0 Å². The summed E-state index contributed by atoms with van der Waals surface area (Å²) in [7, 11) is 3.37. The molecule has 1 amide bonds. The van der Waals surface area contributed by atoms with Gasteiger partial charge in [-0.1, -0.05) is 0 Å². The molecule has 112 valence electrons. The molecule has 1 aromatic heterocycles. The van der Waals surface area contributed by atoms with Crippen LogP contribution in [0.5, 0.6) is 0 Å². The van der Waals surface area contributed by atoms with Gasteiger partial charge in [0.2, 0.25) is 0 Å². The van der Waals surface area contributed by atoms with Crippen molar-refractivity contribution in [1.29, 1.82) is 0 Å². The Morgan fingerprint density at radius 2 is 1.95 bits per heavy atom. The van der Waals surface area contributed by atoms with E-state index in [2.05, 4.69) is 0 Å². The summed E-state index contributed by atoms with van der Waals surface area (Å²) < 4.78 is 0. The van der Waals surface area contributed by atoms with Crippen LogP contribution in [0.25, 0.3) is 0 Å². The third-order valence-electron chi connectivity index (χ3n) is 3.23. The molecule has 0 saturated carbocycles. The molecule has 8 heteroatoms. The monoisotopic (exact) mass is 317 g/mol. The van der Waals surface area contributed by atoms with Gasteiger partial charge in [0.1, 0.15) is 9.88 Å². The zero-order valence-corrected chi connectivity index (χ0v) is 13.3. The van der Waals surface area contributed by atoms with Crippen LogP contribution in [-0.4, -0.2) is 66.7 Å². The summed E-state index contributed by atoms with van der Waals surface area (Å²) in [6, 6.07) is 0. The van der Waals surface area contributed by atoms with E-state index in [-0.39, 0.29) is 5.91 Å². The quantitative estimate of drug-likeness (QED) is 0.695. The van der Waals surface area contributed by atoms with Crippen LogP contribution in [0.3, 0.4) is 0 Å². The fraction of sp³-hybridized carbons (Fsp3) is 0.583. The number of rotatable bonds is 3. The number of thiophene rings is 1. The molecule has 1 aliphatic heterocycles. The summed E-state index contributed by atoms with van der Waals surface area (Å²) >= 11 is 2.79. The molecule has 2 atom stereocenters. The fourth-order valence-corrected chi connectivity index (χ4v) is 4.34. The van der Waals surface area contributed by atoms with E-state index in [0.717, 1.165) is 9.90 Å². The van der Waals surface area contributed by atoms with Gasteiger partial charge in [0.25, 0.3) is 5.91 Å². The summed E-state index contributed by atoms with van der Waals surface area (Å²) in [6.07, 6.45) is 0.372. The van der Waals surface area contributed by atoms with Crippen molar-refractivity contribution in [2.75, 3.05) is 44.1 Å². The predicted molar refractivity (Wildman–Crippen MR) is 82.8 cm³/mol. The maximum absolute atomic E-state index is 12.1. The Morgan fingerprint density at radius 1 is 1.40 bits per heavy atom. The molecule has 4 N–H and O–H groups in total. The van der Waals surface area contributed by atoms with Crippen molar-refractivity contribution < 1.29 is 15.0 Å². The molecule has 1 aromatic rings. The molecule has 6 nitrogen and oxygen atoms in total. The molecule has 2 unspecified atom stereocenters. The first-order valence-corrected chi connectivity index (χ1v) is 8.19. The van der Waals surface area contributed by atoms with Gasteiger partial charge in [0.15, 0.2) is 0 Å². The minimum Gasteiger partial charge on any atom is -0.396 e. The first-order valence-electron chi connectivity index (χ1n) is 6.15. The molecule has 0 radical (unpaired) electrons. The van der Waals surface area contributed by atoms with Gasteiger partial charge in [-0.3, -0.25) is 4.79 Å². The zero-order valence-electron chi connectivity index (χ0n) is 11.7. The predicted octanol–water partition coefficient (Wildman–Crippen LogP) is 0.296. The topological polar surface area (TPSA) is 90.0 Å². The first kappa shape index (κ1) is 15.4. The number of hydrogen-bond acceptors (Lipinski definition) is 7. The van der Waals surface area contributed by atoms with Gasteiger partial charge in [-0.05, 0) is 6.26 Å². The molecule has 1 saturated heterocycles. The normalized spacial score (nSPS) is 22.4. The van der Waals surface area contributed by atoms with Crippen molar-refractivity contribution in [3.8, 4) is 0 Å².